The maximum atomic E-state index is 12.8. The van der Waals surface area contributed by atoms with E-state index >= 15 is 0 Å². The first kappa shape index (κ1) is 15.6. The fourth-order valence-electron chi connectivity index (χ4n) is 2.20. The normalized spacial score (nSPS) is 11.6. The first-order chi connectivity index (χ1) is 9.90. The zero-order chi connectivity index (χ0) is 15.6. The molecule has 0 aliphatic heterocycles. The number of aromatic nitrogens is 1. The highest BCUT2D eigenvalue weighted by molar-refractivity contribution is 7.92. The summed E-state index contributed by atoms with van der Waals surface area (Å²) in [7, 11) is -1.91. The number of anilines is 1. The molecule has 5 nitrogen and oxygen atoms in total. The van der Waals surface area contributed by atoms with Crippen LogP contribution in [0.1, 0.15) is 18.2 Å². The highest BCUT2D eigenvalue weighted by atomic mass is 32.2. The zero-order valence-corrected chi connectivity index (χ0v) is 13.3. The van der Waals surface area contributed by atoms with E-state index in [4.69, 9.17) is 0 Å². The molecular weight excluding hydrogens is 288 g/mol. The molecule has 0 amide bonds. The third-order valence-electron chi connectivity index (χ3n) is 3.44. The van der Waals surface area contributed by atoms with Crippen molar-refractivity contribution >= 4 is 15.7 Å². The fourth-order valence-corrected chi connectivity index (χ4v) is 3.77. The molecule has 1 heterocycles. The second-order valence-corrected chi connectivity index (χ2v) is 6.80. The van der Waals surface area contributed by atoms with Gasteiger partial charge in [-0.3, -0.25) is 4.31 Å². The van der Waals surface area contributed by atoms with Gasteiger partial charge in [0.05, 0.1) is 12.3 Å². The lowest BCUT2D eigenvalue weighted by Crippen LogP contribution is -2.30. The van der Waals surface area contributed by atoms with Crippen LogP contribution in [-0.4, -0.2) is 24.6 Å². The van der Waals surface area contributed by atoms with Crippen molar-refractivity contribution in [3.05, 3.63) is 47.8 Å². The Morgan fingerprint density at radius 2 is 1.86 bits per heavy atom. The average molecular weight is 308 g/mol. The summed E-state index contributed by atoms with van der Waals surface area (Å²) in [5.41, 5.74) is 2.28. The van der Waals surface area contributed by atoms with Crippen molar-refractivity contribution in [1.29, 1.82) is 0 Å². The van der Waals surface area contributed by atoms with E-state index in [2.05, 4.69) is 0 Å². The van der Waals surface area contributed by atoms with Gasteiger partial charge in [-0.05, 0) is 32.0 Å². The van der Waals surface area contributed by atoms with E-state index in [0.717, 1.165) is 5.56 Å². The summed E-state index contributed by atoms with van der Waals surface area (Å²) < 4.78 is 28.5. The Labute approximate surface area is 125 Å². The lowest BCUT2D eigenvalue weighted by molar-refractivity contribution is 0.272. The molecular formula is C15H20N2O3S. The van der Waals surface area contributed by atoms with E-state index in [1.165, 1.54) is 16.6 Å². The Bertz CT molecular complexity index is 718. The molecule has 0 aliphatic carbocycles. The molecule has 6 heteroatoms. The molecule has 0 unspecified atom stereocenters. The Hall–Kier alpha value is -1.79. The van der Waals surface area contributed by atoms with Crippen molar-refractivity contribution in [2.45, 2.75) is 25.3 Å². The van der Waals surface area contributed by atoms with E-state index in [-0.39, 0.29) is 11.5 Å². The van der Waals surface area contributed by atoms with Gasteiger partial charge in [0.15, 0.2) is 0 Å². The van der Waals surface area contributed by atoms with Crippen LogP contribution < -0.4 is 4.31 Å². The van der Waals surface area contributed by atoms with Crippen LogP contribution in [0.4, 0.5) is 5.69 Å². The van der Waals surface area contributed by atoms with Gasteiger partial charge in [0.2, 0.25) is 0 Å². The van der Waals surface area contributed by atoms with Gasteiger partial charge in [0, 0.05) is 25.5 Å². The maximum absolute atomic E-state index is 12.8. The average Bonchev–Trinajstić information content (AvgIpc) is 2.83. The predicted octanol–water partition coefficient (Wildman–Crippen LogP) is 2.04. The number of nitrogens with zero attached hydrogens (tertiary/aromatic N) is 2. The van der Waals surface area contributed by atoms with Crippen molar-refractivity contribution in [2.75, 3.05) is 10.8 Å². The lowest BCUT2D eigenvalue weighted by atomic mass is 10.2. The SMILES string of the molecule is CCN(c1ccc(C)cc1)S(=O)(=O)c1cc(CO)n(C)c1. The summed E-state index contributed by atoms with van der Waals surface area (Å²) in [6.45, 7) is 3.91. The molecule has 0 saturated carbocycles. The fraction of sp³-hybridized carbons (Fsp3) is 0.333. The molecule has 0 bridgehead atoms. The number of hydrogen-bond donors (Lipinski definition) is 1. The quantitative estimate of drug-likeness (QED) is 0.919. The van der Waals surface area contributed by atoms with Crippen LogP contribution in [0.25, 0.3) is 0 Å². The minimum atomic E-state index is -3.63. The molecule has 0 spiro atoms. The van der Waals surface area contributed by atoms with Crippen LogP contribution in [-0.2, 0) is 23.7 Å². The minimum Gasteiger partial charge on any atom is -0.390 e. The summed E-state index contributed by atoms with van der Waals surface area (Å²) in [4.78, 5) is 0.191. The van der Waals surface area contributed by atoms with Crippen molar-refractivity contribution in [2.24, 2.45) is 7.05 Å². The third kappa shape index (κ3) is 2.96. The van der Waals surface area contributed by atoms with Gasteiger partial charge < -0.3 is 9.67 Å². The lowest BCUT2D eigenvalue weighted by Gasteiger charge is -2.22. The van der Waals surface area contributed by atoms with Gasteiger partial charge in [-0.2, -0.15) is 0 Å². The van der Waals surface area contributed by atoms with Crippen LogP contribution in [0.15, 0.2) is 41.4 Å². The number of hydrogen-bond acceptors (Lipinski definition) is 3. The highest BCUT2D eigenvalue weighted by Gasteiger charge is 2.25. The summed E-state index contributed by atoms with van der Waals surface area (Å²) in [5, 5.41) is 9.21. The Morgan fingerprint density at radius 1 is 1.24 bits per heavy atom. The van der Waals surface area contributed by atoms with Crippen LogP contribution in [0, 0.1) is 6.92 Å². The van der Waals surface area contributed by atoms with E-state index in [1.807, 2.05) is 19.1 Å². The molecule has 114 valence electrons. The van der Waals surface area contributed by atoms with Gasteiger partial charge in [-0.15, -0.1) is 0 Å². The number of sulfonamides is 1. The first-order valence-corrected chi connectivity index (χ1v) is 8.19. The topological polar surface area (TPSA) is 62.5 Å². The van der Waals surface area contributed by atoms with E-state index in [1.54, 1.807) is 30.7 Å². The van der Waals surface area contributed by atoms with Gasteiger partial charge >= 0.3 is 0 Å². The van der Waals surface area contributed by atoms with Gasteiger partial charge in [0.1, 0.15) is 4.90 Å². The zero-order valence-electron chi connectivity index (χ0n) is 12.4. The predicted molar refractivity (Wildman–Crippen MR) is 82.7 cm³/mol. The molecule has 0 saturated heterocycles. The molecule has 0 radical (unpaired) electrons. The largest absolute Gasteiger partial charge is 0.390 e. The summed E-state index contributed by atoms with van der Waals surface area (Å²) in [6.07, 6.45) is 1.53. The Kier molecular flexibility index (Phi) is 4.39. The monoisotopic (exact) mass is 308 g/mol. The van der Waals surface area contributed by atoms with Gasteiger partial charge in [-0.1, -0.05) is 17.7 Å². The van der Waals surface area contributed by atoms with Crippen LogP contribution in [0.5, 0.6) is 0 Å². The number of aliphatic hydroxyl groups excluding tert-OH is 1. The molecule has 0 aliphatic rings. The van der Waals surface area contributed by atoms with Crippen molar-refractivity contribution < 1.29 is 13.5 Å². The summed E-state index contributed by atoms with van der Waals surface area (Å²) in [6, 6.07) is 8.88. The summed E-state index contributed by atoms with van der Waals surface area (Å²) in [5.74, 6) is 0. The number of aliphatic hydroxyl groups is 1. The third-order valence-corrected chi connectivity index (χ3v) is 5.31. The number of rotatable bonds is 5. The Morgan fingerprint density at radius 3 is 2.33 bits per heavy atom. The smallest absolute Gasteiger partial charge is 0.265 e. The van der Waals surface area contributed by atoms with E-state index < -0.39 is 10.0 Å². The minimum absolute atomic E-state index is 0.191. The second kappa shape index (κ2) is 5.91. The molecule has 0 atom stereocenters. The van der Waals surface area contributed by atoms with Crippen LogP contribution in [0.2, 0.25) is 0 Å². The molecule has 21 heavy (non-hydrogen) atoms. The molecule has 1 N–H and O–H groups in total. The molecule has 1 aromatic heterocycles. The first-order valence-electron chi connectivity index (χ1n) is 6.75. The maximum Gasteiger partial charge on any atom is 0.265 e. The standard InChI is InChI=1S/C15H20N2O3S/c1-4-17(13-7-5-12(2)6-8-13)21(19,20)15-9-14(11-18)16(3)10-15/h5-10,18H,4,11H2,1-3H3. The molecule has 2 aromatic rings. The Balaban J connectivity index is 2.46. The summed E-state index contributed by atoms with van der Waals surface area (Å²) >= 11 is 0. The van der Waals surface area contributed by atoms with E-state index in [9.17, 15) is 13.5 Å². The van der Waals surface area contributed by atoms with Crippen molar-refractivity contribution in [1.82, 2.24) is 4.57 Å². The van der Waals surface area contributed by atoms with Crippen molar-refractivity contribution in [3.8, 4) is 0 Å². The van der Waals surface area contributed by atoms with Gasteiger partial charge in [0.25, 0.3) is 10.0 Å². The highest BCUT2D eigenvalue weighted by Crippen LogP contribution is 2.25. The molecule has 0 fully saturated rings. The molecule has 1 aromatic carbocycles. The van der Waals surface area contributed by atoms with Gasteiger partial charge in [-0.25, -0.2) is 8.42 Å². The molecule has 2 rings (SSSR count). The second-order valence-electron chi connectivity index (χ2n) is 4.94. The van der Waals surface area contributed by atoms with Crippen molar-refractivity contribution in [3.63, 3.8) is 0 Å². The van der Waals surface area contributed by atoms with Crippen LogP contribution in [0.3, 0.4) is 0 Å². The van der Waals surface area contributed by atoms with Crippen LogP contribution >= 0.6 is 0 Å². The van der Waals surface area contributed by atoms with E-state index in [0.29, 0.717) is 17.9 Å². The number of aryl methyl sites for hydroxylation is 2. The number of benzene rings is 1.